The lowest BCUT2D eigenvalue weighted by Crippen LogP contribution is -2.28. The van der Waals surface area contributed by atoms with Crippen LogP contribution in [0.1, 0.15) is 49.9 Å². The third kappa shape index (κ3) is 3.38. The van der Waals surface area contributed by atoms with Gasteiger partial charge in [-0.1, -0.05) is 13.8 Å². The molecular weight excluding hydrogens is 268 g/mol. The highest BCUT2D eigenvalue weighted by atomic mass is 16.7. The Kier molecular flexibility index (Phi) is 3.89. The number of ketones is 1. The summed E-state index contributed by atoms with van der Waals surface area (Å²) in [6.45, 7) is 4.95. The van der Waals surface area contributed by atoms with Crippen LogP contribution in [0.25, 0.3) is 0 Å². The molecule has 0 atom stereocenters. The lowest BCUT2D eigenvalue weighted by atomic mass is 9.76. The Morgan fingerprint density at radius 1 is 1.24 bits per heavy atom. The number of Topliss-reactive ketones (excluding diaryl/α,β-unsaturated/α-hetero) is 1. The summed E-state index contributed by atoms with van der Waals surface area (Å²) in [4.78, 5) is 12.2. The molecule has 1 heterocycles. The second-order valence-corrected chi connectivity index (χ2v) is 6.67. The molecular formula is C17H22O4. The number of ether oxygens (including phenoxy) is 3. The Balaban J connectivity index is 1.53. The lowest BCUT2D eigenvalue weighted by molar-refractivity contribution is 0.00862. The minimum absolute atomic E-state index is 0.00173. The van der Waals surface area contributed by atoms with Gasteiger partial charge in [0.15, 0.2) is 17.3 Å². The van der Waals surface area contributed by atoms with Crippen LogP contribution in [0.2, 0.25) is 0 Å². The first-order valence-corrected chi connectivity index (χ1v) is 7.58. The van der Waals surface area contributed by atoms with Crippen LogP contribution >= 0.6 is 0 Å². The van der Waals surface area contributed by atoms with E-state index in [0.717, 1.165) is 25.7 Å². The Morgan fingerprint density at radius 3 is 2.71 bits per heavy atom. The fraction of sp³-hybridized carbons (Fsp3) is 0.588. The van der Waals surface area contributed by atoms with Gasteiger partial charge in [-0.25, -0.2) is 0 Å². The molecule has 0 amide bonds. The molecule has 3 rings (SSSR count). The number of rotatable bonds is 4. The van der Waals surface area contributed by atoms with Gasteiger partial charge in [-0.3, -0.25) is 4.79 Å². The molecule has 1 aromatic rings. The summed E-state index contributed by atoms with van der Waals surface area (Å²) >= 11 is 0. The maximum atomic E-state index is 12.2. The van der Waals surface area contributed by atoms with Crippen LogP contribution in [0.3, 0.4) is 0 Å². The molecule has 0 bridgehead atoms. The molecule has 4 nitrogen and oxygen atoms in total. The van der Waals surface area contributed by atoms with Gasteiger partial charge < -0.3 is 14.2 Å². The highest BCUT2D eigenvalue weighted by Crippen LogP contribution is 2.36. The van der Waals surface area contributed by atoms with Crippen molar-refractivity contribution in [1.29, 1.82) is 0 Å². The zero-order valence-corrected chi connectivity index (χ0v) is 12.7. The first kappa shape index (κ1) is 14.4. The van der Waals surface area contributed by atoms with Gasteiger partial charge in [0, 0.05) is 5.56 Å². The second kappa shape index (κ2) is 5.68. The monoisotopic (exact) mass is 290 g/mol. The zero-order valence-electron chi connectivity index (χ0n) is 12.7. The molecule has 1 aliphatic carbocycles. The van der Waals surface area contributed by atoms with Crippen LogP contribution in [0.4, 0.5) is 0 Å². The first-order chi connectivity index (χ1) is 10.0. The molecule has 1 aliphatic heterocycles. The number of carbonyl (C=O) groups is 1. The van der Waals surface area contributed by atoms with E-state index in [4.69, 9.17) is 14.2 Å². The van der Waals surface area contributed by atoms with E-state index in [2.05, 4.69) is 13.8 Å². The van der Waals surface area contributed by atoms with Gasteiger partial charge in [0.1, 0.15) is 6.61 Å². The summed E-state index contributed by atoms with van der Waals surface area (Å²) in [5, 5.41) is 0. The van der Waals surface area contributed by atoms with Gasteiger partial charge in [0.05, 0.1) is 6.10 Å². The number of benzene rings is 1. The summed E-state index contributed by atoms with van der Waals surface area (Å²) in [5.41, 5.74) is 1.04. The molecule has 4 heteroatoms. The molecule has 0 unspecified atom stereocenters. The molecule has 21 heavy (non-hydrogen) atoms. The minimum Gasteiger partial charge on any atom is -0.454 e. The lowest BCUT2D eigenvalue weighted by Gasteiger charge is -2.34. The van der Waals surface area contributed by atoms with Crippen molar-refractivity contribution in [3.8, 4) is 11.5 Å². The van der Waals surface area contributed by atoms with Crippen LogP contribution in [-0.4, -0.2) is 25.3 Å². The normalized spacial score (nSPS) is 20.5. The molecule has 0 spiro atoms. The average molecular weight is 290 g/mol. The maximum Gasteiger partial charge on any atom is 0.231 e. The van der Waals surface area contributed by atoms with Crippen molar-refractivity contribution < 1.29 is 19.0 Å². The van der Waals surface area contributed by atoms with Gasteiger partial charge in [-0.15, -0.1) is 0 Å². The van der Waals surface area contributed by atoms with E-state index < -0.39 is 0 Å². The van der Waals surface area contributed by atoms with Crippen LogP contribution < -0.4 is 9.47 Å². The molecule has 1 fully saturated rings. The number of hydrogen-bond acceptors (Lipinski definition) is 4. The first-order valence-electron chi connectivity index (χ1n) is 7.58. The summed E-state index contributed by atoms with van der Waals surface area (Å²) in [6.07, 6.45) is 4.63. The minimum atomic E-state index is -0.00173. The van der Waals surface area contributed by atoms with E-state index in [-0.39, 0.29) is 25.3 Å². The van der Waals surface area contributed by atoms with Gasteiger partial charge in [0.2, 0.25) is 6.79 Å². The summed E-state index contributed by atoms with van der Waals surface area (Å²) in [5.74, 6) is 1.33. The molecule has 0 N–H and O–H groups in total. The average Bonchev–Trinajstić information content (AvgIpc) is 2.93. The number of hydrogen-bond donors (Lipinski definition) is 0. The second-order valence-electron chi connectivity index (χ2n) is 6.67. The predicted molar refractivity (Wildman–Crippen MR) is 78.9 cm³/mol. The zero-order chi connectivity index (χ0) is 14.9. The fourth-order valence-corrected chi connectivity index (χ4v) is 2.89. The maximum absolute atomic E-state index is 12.2. The molecule has 0 aromatic heterocycles. The van der Waals surface area contributed by atoms with Crippen molar-refractivity contribution in [3.63, 3.8) is 0 Å². The van der Waals surface area contributed by atoms with Crippen molar-refractivity contribution in [3.05, 3.63) is 23.8 Å². The third-order valence-electron chi connectivity index (χ3n) is 4.43. The van der Waals surface area contributed by atoms with Crippen molar-refractivity contribution >= 4 is 5.78 Å². The van der Waals surface area contributed by atoms with E-state index in [1.807, 2.05) is 0 Å². The van der Waals surface area contributed by atoms with E-state index in [1.54, 1.807) is 18.2 Å². The van der Waals surface area contributed by atoms with Crippen LogP contribution in [0.5, 0.6) is 11.5 Å². The van der Waals surface area contributed by atoms with Crippen LogP contribution in [0.15, 0.2) is 18.2 Å². The molecule has 2 aliphatic rings. The SMILES string of the molecule is CC1(C)CCC(OCC(=O)c2ccc3c(c2)OCO3)CC1. The predicted octanol–water partition coefficient (Wildman–Crippen LogP) is 3.58. The molecule has 0 saturated heterocycles. The Hall–Kier alpha value is -1.55. The molecule has 1 aromatic carbocycles. The van der Waals surface area contributed by atoms with Gasteiger partial charge in [0.25, 0.3) is 0 Å². The number of carbonyl (C=O) groups excluding carboxylic acids is 1. The largest absolute Gasteiger partial charge is 0.454 e. The third-order valence-corrected chi connectivity index (χ3v) is 4.43. The summed E-state index contributed by atoms with van der Waals surface area (Å²) < 4.78 is 16.3. The van der Waals surface area contributed by atoms with E-state index in [1.165, 1.54) is 0 Å². The highest BCUT2D eigenvalue weighted by Gasteiger charge is 2.27. The smallest absolute Gasteiger partial charge is 0.231 e. The Bertz CT molecular complexity index is 526. The molecule has 0 radical (unpaired) electrons. The van der Waals surface area contributed by atoms with Crippen LogP contribution in [-0.2, 0) is 4.74 Å². The quantitative estimate of drug-likeness (QED) is 0.795. The van der Waals surface area contributed by atoms with E-state index >= 15 is 0 Å². The van der Waals surface area contributed by atoms with Gasteiger partial charge in [-0.2, -0.15) is 0 Å². The Labute approximate surface area is 125 Å². The van der Waals surface area contributed by atoms with E-state index in [9.17, 15) is 4.79 Å². The number of fused-ring (bicyclic) bond motifs is 1. The standard InChI is InChI=1S/C17H22O4/c1-17(2)7-5-13(6-8-17)19-10-14(18)12-3-4-15-16(9-12)21-11-20-15/h3-4,9,13H,5-8,10-11H2,1-2H3. The topological polar surface area (TPSA) is 44.8 Å². The van der Waals surface area contributed by atoms with Crippen molar-refractivity contribution in [2.45, 2.75) is 45.6 Å². The molecule has 114 valence electrons. The van der Waals surface area contributed by atoms with Gasteiger partial charge in [-0.05, 0) is 49.3 Å². The van der Waals surface area contributed by atoms with Crippen molar-refractivity contribution in [2.75, 3.05) is 13.4 Å². The highest BCUT2D eigenvalue weighted by molar-refractivity contribution is 5.97. The van der Waals surface area contributed by atoms with Gasteiger partial charge >= 0.3 is 0 Å². The summed E-state index contributed by atoms with van der Waals surface area (Å²) in [7, 11) is 0. The van der Waals surface area contributed by atoms with Crippen molar-refractivity contribution in [2.24, 2.45) is 5.41 Å². The fourth-order valence-electron chi connectivity index (χ4n) is 2.89. The van der Waals surface area contributed by atoms with Crippen LogP contribution in [0, 0.1) is 5.41 Å². The Morgan fingerprint density at radius 2 is 1.95 bits per heavy atom. The van der Waals surface area contributed by atoms with Crippen molar-refractivity contribution in [1.82, 2.24) is 0 Å². The van der Waals surface area contributed by atoms with E-state index in [0.29, 0.717) is 22.5 Å². The summed E-state index contributed by atoms with van der Waals surface area (Å²) in [6, 6.07) is 5.28. The molecule has 1 saturated carbocycles.